The number of aliphatic hydroxyl groups excluding tert-OH is 1. The van der Waals surface area contributed by atoms with E-state index in [-0.39, 0.29) is 12.6 Å². The average Bonchev–Trinajstić information content (AvgIpc) is 2.68. The van der Waals surface area contributed by atoms with Crippen molar-refractivity contribution in [3.63, 3.8) is 0 Å². The Morgan fingerprint density at radius 3 is 3.00 bits per heavy atom. The molecule has 3 rings (SSSR count). The molecule has 1 aliphatic heterocycles. The number of para-hydroxylation sites is 2. The molecule has 0 saturated carbocycles. The maximum atomic E-state index is 9.54. The van der Waals surface area contributed by atoms with Gasteiger partial charge in [-0.15, -0.1) is 0 Å². The molecule has 1 saturated heterocycles. The van der Waals surface area contributed by atoms with Crippen LogP contribution in [0, 0.1) is 0 Å². The second-order valence-corrected chi connectivity index (χ2v) is 4.96. The van der Waals surface area contributed by atoms with Crippen LogP contribution in [0.2, 0.25) is 0 Å². The van der Waals surface area contributed by atoms with Gasteiger partial charge in [0.15, 0.2) is 0 Å². The van der Waals surface area contributed by atoms with E-state index >= 15 is 0 Å². The predicted molar refractivity (Wildman–Crippen MR) is 72.8 cm³/mol. The van der Waals surface area contributed by atoms with Crippen LogP contribution in [0.4, 0.5) is 5.95 Å². The quantitative estimate of drug-likeness (QED) is 0.853. The molecular weight excluding hydrogens is 226 g/mol. The Morgan fingerprint density at radius 2 is 2.17 bits per heavy atom. The lowest BCUT2D eigenvalue weighted by Gasteiger charge is -2.28. The number of hydrogen-bond donors (Lipinski definition) is 2. The third-order valence-electron chi connectivity index (χ3n) is 3.74. The molecule has 2 N–H and O–H groups in total. The molecule has 0 aliphatic carbocycles. The van der Waals surface area contributed by atoms with E-state index in [2.05, 4.69) is 14.9 Å². The van der Waals surface area contributed by atoms with E-state index in [1.807, 2.05) is 24.3 Å². The number of aliphatic hydroxyl groups is 1. The Balaban J connectivity index is 1.95. The Bertz CT molecular complexity index is 489. The van der Waals surface area contributed by atoms with Crippen molar-refractivity contribution in [2.75, 3.05) is 18.1 Å². The van der Waals surface area contributed by atoms with Crippen molar-refractivity contribution in [3.05, 3.63) is 24.3 Å². The van der Waals surface area contributed by atoms with Gasteiger partial charge in [0, 0.05) is 6.54 Å². The fourth-order valence-corrected chi connectivity index (χ4v) is 2.72. The van der Waals surface area contributed by atoms with Crippen molar-refractivity contribution >= 4 is 17.0 Å². The van der Waals surface area contributed by atoms with Gasteiger partial charge in [-0.25, -0.2) is 4.98 Å². The van der Waals surface area contributed by atoms with Crippen LogP contribution in [0.3, 0.4) is 0 Å². The lowest BCUT2D eigenvalue weighted by atomic mass is 10.1. The van der Waals surface area contributed by atoms with Gasteiger partial charge in [-0.2, -0.15) is 0 Å². The number of nitrogens with one attached hydrogen (secondary N) is 1. The number of hydrogen-bond acceptors (Lipinski definition) is 3. The average molecular weight is 245 g/mol. The van der Waals surface area contributed by atoms with Gasteiger partial charge < -0.3 is 15.0 Å². The summed E-state index contributed by atoms with van der Waals surface area (Å²) in [5.41, 5.74) is 2.06. The first-order chi connectivity index (χ1) is 8.88. The predicted octanol–water partition coefficient (Wildman–Crippen LogP) is 2.30. The maximum absolute atomic E-state index is 9.54. The molecule has 0 spiro atoms. The molecule has 4 nitrogen and oxygen atoms in total. The molecule has 2 aromatic rings. The molecule has 1 fully saturated rings. The van der Waals surface area contributed by atoms with E-state index in [0.29, 0.717) is 0 Å². The highest BCUT2D eigenvalue weighted by Crippen LogP contribution is 2.24. The van der Waals surface area contributed by atoms with Gasteiger partial charge in [0.2, 0.25) is 5.95 Å². The molecule has 4 heteroatoms. The number of nitrogens with zero attached hydrogens (tertiary/aromatic N) is 2. The third-order valence-corrected chi connectivity index (χ3v) is 3.74. The summed E-state index contributed by atoms with van der Waals surface area (Å²) >= 11 is 0. The zero-order valence-electron chi connectivity index (χ0n) is 10.5. The minimum absolute atomic E-state index is 0.202. The molecule has 0 bridgehead atoms. The van der Waals surface area contributed by atoms with Gasteiger partial charge in [-0.3, -0.25) is 0 Å². The number of fused-ring (bicyclic) bond motifs is 1. The normalized spacial score (nSPS) is 21.2. The fraction of sp³-hybridized carbons (Fsp3) is 0.500. The number of rotatable bonds is 2. The zero-order valence-corrected chi connectivity index (χ0v) is 10.5. The molecule has 18 heavy (non-hydrogen) atoms. The van der Waals surface area contributed by atoms with Crippen LogP contribution >= 0.6 is 0 Å². The molecule has 1 aliphatic rings. The molecule has 1 aromatic heterocycles. The van der Waals surface area contributed by atoms with Crippen molar-refractivity contribution in [1.82, 2.24) is 9.97 Å². The topological polar surface area (TPSA) is 52.1 Å². The van der Waals surface area contributed by atoms with E-state index in [1.165, 1.54) is 19.3 Å². The fourth-order valence-electron chi connectivity index (χ4n) is 2.72. The number of H-pyrrole nitrogens is 1. The van der Waals surface area contributed by atoms with Crippen LogP contribution in [-0.2, 0) is 0 Å². The van der Waals surface area contributed by atoms with Gasteiger partial charge in [0.25, 0.3) is 0 Å². The highest BCUT2D eigenvalue weighted by atomic mass is 16.3. The molecule has 0 amide bonds. The molecule has 0 radical (unpaired) electrons. The Hall–Kier alpha value is -1.55. The number of imidazole rings is 1. The van der Waals surface area contributed by atoms with E-state index < -0.39 is 0 Å². The molecular formula is C14H19N3O. The van der Waals surface area contributed by atoms with Crippen molar-refractivity contribution in [2.45, 2.75) is 31.7 Å². The van der Waals surface area contributed by atoms with Gasteiger partial charge >= 0.3 is 0 Å². The van der Waals surface area contributed by atoms with Crippen LogP contribution in [0.25, 0.3) is 11.0 Å². The van der Waals surface area contributed by atoms with Crippen molar-refractivity contribution < 1.29 is 5.11 Å². The second kappa shape index (κ2) is 4.98. The number of aromatic amines is 1. The minimum atomic E-state index is 0.202. The molecule has 96 valence electrons. The van der Waals surface area contributed by atoms with Crippen LogP contribution in [0.1, 0.15) is 25.7 Å². The Labute approximate surface area is 107 Å². The summed E-state index contributed by atoms with van der Waals surface area (Å²) in [6, 6.07) is 8.27. The number of aromatic nitrogens is 2. The third kappa shape index (κ3) is 2.08. The largest absolute Gasteiger partial charge is 0.394 e. The van der Waals surface area contributed by atoms with Crippen LogP contribution in [-0.4, -0.2) is 34.3 Å². The van der Waals surface area contributed by atoms with Crippen LogP contribution < -0.4 is 4.90 Å². The summed E-state index contributed by atoms with van der Waals surface area (Å²) in [6.45, 7) is 1.18. The summed E-state index contributed by atoms with van der Waals surface area (Å²) in [6.07, 6.45) is 4.66. The van der Waals surface area contributed by atoms with Crippen molar-refractivity contribution in [3.8, 4) is 0 Å². The standard InChI is InChI=1S/C14H19N3O/c18-10-11-6-2-1-5-9-17(11)14-15-12-7-3-4-8-13(12)16-14/h3-4,7-8,11,18H,1-2,5-6,9-10H2,(H,15,16). The summed E-state index contributed by atoms with van der Waals surface area (Å²) in [5, 5.41) is 9.54. The first-order valence-electron chi connectivity index (χ1n) is 6.71. The summed E-state index contributed by atoms with van der Waals surface area (Å²) in [7, 11) is 0. The first-order valence-corrected chi connectivity index (χ1v) is 6.71. The highest BCUT2D eigenvalue weighted by Gasteiger charge is 2.22. The summed E-state index contributed by atoms with van der Waals surface area (Å²) < 4.78 is 0. The first kappa shape index (κ1) is 11.5. The molecule has 1 atom stereocenters. The maximum Gasteiger partial charge on any atom is 0.204 e. The summed E-state index contributed by atoms with van der Waals surface area (Å²) in [5.74, 6) is 0.900. The van der Waals surface area contributed by atoms with Gasteiger partial charge in [-0.05, 0) is 25.0 Å². The summed E-state index contributed by atoms with van der Waals surface area (Å²) in [4.78, 5) is 10.2. The van der Waals surface area contributed by atoms with E-state index in [9.17, 15) is 5.11 Å². The number of benzene rings is 1. The van der Waals surface area contributed by atoms with E-state index in [4.69, 9.17) is 0 Å². The molecule has 1 aromatic carbocycles. The van der Waals surface area contributed by atoms with Crippen molar-refractivity contribution in [1.29, 1.82) is 0 Å². The van der Waals surface area contributed by atoms with Crippen LogP contribution in [0.5, 0.6) is 0 Å². The lowest BCUT2D eigenvalue weighted by Crippen LogP contribution is -2.38. The van der Waals surface area contributed by atoms with E-state index in [0.717, 1.165) is 29.9 Å². The minimum Gasteiger partial charge on any atom is -0.394 e. The van der Waals surface area contributed by atoms with Gasteiger partial charge in [-0.1, -0.05) is 25.0 Å². The Morgan fingerprint density at radius 1 is 1.28 bits per heavy atom. The van der Waals surface area contributed by atoms with Gasteiger partial charge in [0.05, 0.1) is 23.7 Å². The Kier molecular flexibility index (Phi) is 3.19. The second-order valence-electron chi connectivity index (χ2n) is 4.96. The van der Waals surface area contributed by atoms with Crippen LogP contribution in [0.15, 0.2) is 24.3 Å². The highest BCUT2D eigenvalue weighted by molar-refractivity contribution is 5.77. The van der Waals surface area contributed by atoms with Gasteiger partial charge in [0.1, 0.15) is 0 Å². The van der Waals surface area contributed by atoms with E-state index in [1.54, 1.807) is 0 Å². The lowest BCUT2D eigenvalue weighted by molar-refractivity contribution is 0.254. The smallest absolute Gasteiger partial charge is 0.204 e. The zero-order chi connectivity index (χ0) is 12.4. The van der Waals surface area contributed by atoms with Crippen molar-refractivity contribution in [2.24, 2.45) is 0 Å². The monoisotopic (exact) mass is 245 g/mol. The molecule has 1 unspecified atom stereocenters. The SMILES string of the molecule is OCC1CCCCCN1c1nc2ccccc2[nH]1. The molecule has 2 heterocycles. The number of anilines is 1.